The van der Waals surface area contributed by atoms with Crippen LogP contribution in [0.1, 0.15) is 31.1 Å². The van der Waals surface area contributed by atoms with Crippen molar-refractivity contribution in [3.63, 3.8) is 0 Å². The second-order valence-corrected chi connectivity index (χ2v) is 5.44. The van der Waals surface area contributed by atoms with Gasteiger partial charge in [-0.1, -0.05) is 28.8 Å². The molecule has 118 valence electrons. The number of benzene rings is 1. The fourth-order valence-corrected chi connectivity index (χ4v) is 2.79. The molecule has 2 amide bonds. The third-order valence-electron chi connectivity index (χ3n) is 3.64. The van der Waals surface area contributed by atoms with Crippen molar-refractivity contribution in [2.75, 3.05) is 0 Å². The van der Waals surface area contributed by atoms with Crippen molar-refractivity contribution in [3.8, 4) is 0 Å². The van der Waals surface area contributed by atoms with Crippen LogP contribution >= 0.6 is 11.6 Å². The minimum atomic E-state index is -0.896. The maximum absolute atomic E-state index is 12.4. The fraction of sp³-hybridized carbons (Fsp3) is 0. The highest BCUT2D eigenvalue weighted by Gasteiger charge is 2.39. The molecule has 0 unspecified atom stereocenters. The fourth-order valence-electron chi connectivity index (χ4n) is 2.53. The van der Waals surface area contributed by atoms with Gasteiger partial charge in [0.25, 0.3) is 11.8 Å². The molecule has 0 spiro atoms. The Bertz CT molecular complexity index is 992. The minimum Gasteiger partial charge on any atom is -0.324 e. The van der Waals surface area contributed by atoms with Crippen molar-refractivity contribution < 1.29 is 19.2 Å². The lowest BCUT2D eigenvalue weighted by Crippen LogP contribution is -2.32. The first-order valence-electron chi connectivity index (χ1n) is 6.90. The van der Waals surface area contributed by atoms with Crippen molar-refractivity contribution >= 4 is 34.9 Å². The van der Waals surface area contributed by atoms with Gasteiger partial charge in [-0.25, -0.2) is 9.31 Å². The highest BCUT2D eigenvalue weighted by molar-refractivity contribution is 6.34. The molecule has 1 aromatic carbocycles. The highest BCUT2D eigenvalue weighted by Crippen LogP contribution is 2.25. The molecule has 0 bridgehead atoms. The van der Waals surface area contributed by atoms with Crippen LogP contribution in [0.3, 0.4) is 0 Å². The number of hydrogen-bond acceptors (Lipinski definition) is 5. The molecule has 4 rings (SSSR count). The summed E-state index contributed by atoms with van der Waals surface area (Å²) in [6, 6.07) is 9.50. The molecule has 3 heterocycles. The van der Waals surface area contributed by atoms with Crippen LogP contribution in [-0.2, 0) is 4.84 Å². The second kappa shape index (κ2) is 5.17. The molecule has 0 fully saturated rings. The van der Waals surface area contributed by atoms with Gasteiger partial charge in [0, 0.05) is 6.20 Å². The lowest BCUT2D eigenvalue weighted by molar-refractivity contribution is -0.0583. The molecule has 0 saturated heterocycles. The summed E-state index contributed by atoms with van der Waals surface area (Å²) in [5, 5.41) is 4.74. The molecule has 24 heavy (non-hydrogen) atoms. The Morgan fingerprint density at radius 2 is 1.71 bits per heavy atom. The molecule has 8 heteroatoms. The number of rotatable bonds is 2. The average Bonchev–Trinajstić information content (AvgIpc) is 3.12. The summed E-state index contributed by atoms with van der Waals surface area (Å²) in [7, 11) is 0. The van der Waals surface area contributed by atoms with E-state index in [9.17, 15) is 14.4 Å². The van der Waals surface area contributed by atoms with Crippen LogP contribution in [0, 0.1) is 0 Å². The molecule has 3 aromatic rings. The van der Waals surface area contributed by atoms with E-state index in [0.29, 0.717) is 15.6 Å². The van der Waals surface area contributed by atoms with Crippen molar-refractivity contribution in [1.29, 1.82) is 0 Å². The van der Waals surface area contributed by atoms with Gasteiger partial charge in [0.2, 0.25) is 0 Å². The number of imide groups is 1. The monoisotopic (exact) mass is 341 g/mol. The molecule has 0 saturated carbocycles. The number of nitrogens with zero attached hydrogens (tertiary/aromatic N) is 3. The zero-order valence-corrected chi connectivity index (χ0v) is 12.7. The summed E-state index contributed by atoms with van der Waals surface area (Å²) in [5.74, 6) is -2.27. The number of carbonyl (C=O) groups excluding carboxylic acids is 3. The number of pyridine rings is 1. The zero-order valence-electron chi connectivity index (χ0n) is 12.0. The van der Waals surface area contributed by atoms with Gasteiger partial charge in [-0.15, -0.1) is 0 Å². The molecule has 0 radical (unpaired) electrons. The van der Waals surface area contributed by atoms with E-state index < -0.39 is 17.8 Å². The number of fused-ring (bicyclic) bond motifs is 2. The molecular weight excluding hydrogens is 334 g/mol. The minimum absolute atomic E-state index is 0.0529. The summed E-state index contributed by atoms with van der Waals surface area (Å²) in [5.41, 5.74) is 0.763. The topological polar surface area (TPSA) is 81.0 Å². The van der Waals surface area contributed by atoms with E-state index in [-0.39, 0.29) is 16.7 Å². The number of carbonyl (C=O) groups is 3. The van der Waals surface area contributed by atoms with Crippen molar-refractivity contribution in [1.82, 2.24) is 14.7 Å². The normalized spacial score (nSPS) is 13.5. The van der Waals surface area contributed by atoms with Crippen molar-refractivity contribution in [2.24, 2.45) is 0 Å². The van der Waals surface area contributed by atoms with Gasteiger partial charge in [-0.2, -0.15) is 5.10 Å². The summed E-state index contributed by atoms with van der Waals surface area (Å²) in [6.07, 6.45) is 2.88. The predicted octanol–water partition coefficient (Wildman–Crippen LogP) is 2.36. The van der Waals surface area contributed by atoms with Gasteiger partial charge in [-0.05, 0) is 24.3 Å². The van der Waals surface area contributed by atoms with Gasteiger partial charge in [-0.3, -0.25) is 9.59 Å². The summed E-state index contributed by atoms with van der Waals surface area (Å²) >= 11 is 6.08. The molecule has 1 aliphatic rings. The van der Waals surface area contributed by atoms with Gasteiger partial charge in [0.1, 0.15) is 5.56 Å². The Morgan fingerprint density at radius 1 is 1.04 bits per heavy atom. The van der Waals surface area contributed by atoms with Gasteiger partial charge >= 0.3 is 5.97 Å². The van der Waals surface area contributed by atoms with Gasteiger partial charge in [0.15, 0.2) is 0 Å². The molecule has 0 aliphatic carbocycles. The third-order valence-corrected chi connectivity index (χ3v) is 3.95. The van der Waals surface area contributed by atoms with E-state index in [2.05, 4.69) is 5.10 Å². The first-order valence-corrected chi connectivity index (χ1v) is 7.27. The Morgan fingerprint density at radius 3 is 2.38 bits per heavy atom. The Kier molecular flexibility index (Phi) is 3.10. The third kappa shape index (κ3) is 1.99. The Balaban J connectivity index is 1.68. The quantitative estimate of drug-likeness (QED) is 0.668. The van der Waals surface area contributed by atoms with Crippen LogP contribution < -0.4 is 0 Å². The van der Waals surface area contributed by atoms with Crippen molar-refractivity contribution in [3.05, 3.63) is 70.5 Å². The van der Waals surface area contributed by atoms with Crippen LogP contribution in [0.15, 0.2) is 48.8 Å². The van der Waals surface area contributed by atoms with E-state index in [1.54, 1.807) is 30.5 Å². The standard InChI is InChI=1S/C16H8ClN3O4/c17-12-6-3-7-19-13(12)11(8-18-19)16(23)24-20-14(21)9-4-1-2-5-10(9)15(20)22/h1-8H. The molecular formula is C16H8ClN3O4. The van der Waals surface area contributed by atoms with Crippen LogP contribution in [0.5, 0.6) is 0 Å². The van der Waals surface area contributed by atoms with Crippen LogP contribution in [0.25, 0.3) is 5.52 Å². The number of amides is 2. The molecule has 1 aliphatic heterocycles. The number of hydroxylamine groups is 2. The van der Waals surface area contributed by atoms with Crippen LogP contribution in [-0.4, -0.2) is 32.5 Å². The largest absolute Gasteiger partial charge is 0.367 e. The van der Waals surface area contributed by atoms with Gasteiger partial charge < -0.3 is 4.84 Å². The molecule has 2 aromatic heterocycles. The van der Waals surface area contributed by atoms with E-state index in [1.807, 2.05) is 0 Å². The number of hydrogen-bond donors (Lipinski definition) is 0. The van der Waals surface area contributed by atoms with Crippen molar-refractivity contribution in [2.45, 2.75) is 0 Å². The Labute approximate surface area is 139 Å². The van der Waals surface area contributed by atoms with Crippen LogP contribution in [0.2, 0.25) is 5.02 Å². The number of aromatic nitrogens is 2. The first kappa shape index (κ1) is 14.4. The van der Waals surface area contributed by atoms with Gasteiger partial charge in [0.05, 0.1) is 27.9 Å². The summed E-state index contributed by atoms with van der Waals surface area (Å²) < 4.78 is 1.40. The SMILES string of the molecule is O=C(ON1C(=O)c2ccccc2C1=O)c1cnn2cccc(Cl)c12. The molecule has 7 nitrogen and oxygen atoms in total. The average molecular weight is 342 g/mol. The summed E-state index contributed by atoms with van der Waals surface area (Å²) in [4.78, 5) is 41.8. The van der Waals surface area contributed by atoms with E-state index in [0.717, 1.165) is 0 Å². The smallest absolute Gasteiger partial charge is 0.324 e. The summed E-state index contributed by atoms with van der Waals surface area (Å²) in [6.45, 7) is 0. The van der Waals surface area contributed by atoms with E-state index in [4.69, 9.17) is 16.4 Å². The maximum atomic E-state index is 12.4. The lowest BCUT2D eigenvalue weighted by Gasteiger charge is -2.12. The maximum Gasteiger partial charge on any atom is 0.367 e. The van der Waals surface area contributed by atoms with E-state index in [1.165, 1.54) is 22.8 Å². The second-order valence-electron chi connectivity index (χ2n) is 5.04. The highest BCUT2D eigenvalue weighted by atomic mass is 35.5. The molecule has 0 atom stereocenters. The number of halogens is 1. The lowest BCUT2D eigenvalue weighted by atomic mass is 10.1. The van der Waals surface area contributed by atoms with E-state index >= 15 is 0 Å². The first-order chi connectivity index (χ1) is 11.6. The Hall–Kier alpha value is -3.19. The molecule has 0 N–H and O–H groups in total. The zero-order chi connectivity index (χ0) is 16.8. The van der Waals surface area contributed by atoms with Crippen LogP contribution in [0.4, 0.5) is 0 Å². The predicted molar refractivity (Wildman–Crippen MR) is 82.6 cm³/mol.